The first-order chi connectivity index (χ1) is 16.4. The Morgan fingerprint density at radius 2 is 1.97 bits per heavy atom. The molecule has 2 atom stereocenters. The van der Waals surface area contributed by atoms with E-state index in [-0.39, 0.29) is 17.4 Å². The van der Waals surface area contributed by atoms with Crippen LogP contribution < -0.4 is 5.32 Å². The molecular weight excluding hydrogens is 426 g/mol. The fourth-order valence-corrected chi connectivity index (χ4v) is 5.53. The lowest BCUT2D eigenvalue weighted by Crippen LogP contribution is -2.54. The van der Waals surface area contributed by atoms with Gasteiger partial charge >= 0.3 is 0 Å². The lowest BCUT2D eigenvalue weighted by Gasteiger charge is -2.41. The molecular formula is C27H31N5O2. The van der Waals surface area contributed by atoms with Gasteiger partial charge in [0.25, 0.3) is 5.91 Å². The molecule has 3 heterocycles. The number of aromatic nitrogens is 3. The third-order valence-electron chi connectivity index (χ3n) is 7.56. The van der Waals surface area contributed by atoms with E-state index in [9.17, 15) is 9.90 Å². The second kappa shape index (κ2) is 8.03. The van der Waals surface area contributed by atoms with E-state index in [0.29, 0.717) is 24.7 Å². The van der Waals surface area contributed by atoms with Gasteiger partial charge in [-0.05, 0) is 48.1 Å². The van der Waals surface area contributed by atoms with E-state index in [1.807, 2.05) is 33.8 Å². The highest BCUT2D eigenvalue weighted by atomic mass is 16.3. The molecule has 176 valence electrons. The number of nitrogens with one attached hydrogen (secondary N) is 1. The predicted molar refractivity (Wildman–Crippen MR) is 129 cm³/mol. The number of benzene rings is 2. The molecule has 2 aromatic carbocycles. The third kappa shape index (κ3) is 3.73. The van der Waals surface area contributed by atoms with Gasteiger partial charge in [0, 0.05) is 42.2 Å². The third-order valence-corrected chi connectivity index (χ3v) is 7.56. The van der Waals surface area contributed by atoms with Gasteiger partial charge in [0.05, 0.1) is 12.1 Å². The van der Waals surface area contributed by atoms with Gasteiger partial charge in [0.1, 0.15) is 6.33 Å². The first-order valence-corrected chi connectivity index (χ1v) is 12.2. The SMILES string of the molecule is CC1(C)CN(C[C@@H](O)C2Cc3ccccc3CN2)C(=O)c2ccc(-c3ncnn3C3CC3)cc21. The number of hydrogen-bond acceptors (Lipinski definition) is 5. The Morgan fingerprint density at radius 3 is 2.76 bits per heavy atom. The number of nitrogens with zero attached hydrogens (tertiary/aromatic N) is 4. The maximum absolute atomic E-state index is 13.5. The van der Waals surface area contributed by atoms with Gasteiger partial charge in [-0.3, -0.25) is 4.79 Å². The Labute approximate surface area is 199 Å². The van der Waals surface area contributed by atoms with Crippen molar-refractivity contribution in [2.45, 2.75) is 63.3 Å². The minimum atomic E-state index is -0.633. The van der Waals surface area contributed by atoms with Crippen molar-refractivity contribution >= 4 is 5.91 Å². The Morgan fingerprint density at radius 1 is 1.18 bits per heavy atom. The van der Waals surface area contributed by atoms with Crippen LogP contribution in [0.15, 0.2) is 48.8 Å². The van der Waals surface area contributed by atoms with Gasteiger partial charge in [-0.1, -0.05) is 44.2 Å². The first kappa shape index (κ1) is 21.5. The molecule has 1 unspecified atom stereocenters. The second-order valence-corrected chi connectivity index (χ2v) is 10.6. The van der Waals surface area contributed by atoms with Crippen LogP contribution in [0.2, 0.25) is 0 Å². The van der Waals surface area contributed by atoms with Crippen LogP contribution in [0.4, 0.5) is 0 Å². The molecule has 2 aliphatic heterocycles. The zero-order chi connectivity index (χ0) is 23.4. The quantitative estimate of drug-likeness (QED) is 0.615. The topological polar surface area (TPSA) is 83.3 Å². The molecule has 7 heteroatoms. The maximum Gasteiger partial charge on any atom is 0.254 e. The van der Waals surface area contributed by atoms with E-state index in [4.69, 9.17) is 0 Å². The zero-order valence-electron chi connectivity index (χ0n) is 19.7. The van der Waals surface area contributed by atoms with Gasteiger partial charge < -0.3 is 15.3 Å². The van der Waals surface area contributed by atoms with E-state index in [1.54, 1.807) is 6.33 Å². The normalized spacial score (nSPS) is 22.3. The van der Waals surface area contributed by atoms with E-state index >= 15 is 0 Å². The summed E-state index contributed by atoms with van der Waals surface area (Å²) in [6.45, 7) is 5.97. The summed E-state index contributed by atoms with van der Waals surface area (Å²) in [7, 11) is 0. The van der Waals surface area contributed by atoms with E-state index in [1.165, 1.54) is 11.1 Å². The number of β-amino-alcohol motifs (C(OH)–C–C–N with tert-alkyl or cyclic N) is 1. The number of carbonyl (C=O) groups excluding carboxylic acids is 1. The molecule has 0 spiro atoms. The van der Waals surface area contributed by atoms with Gasteiger partial charge in [0.15, 0.2) is 5.82 Å². The highest BCUT2D eigenvalue weighted by Gasteiger charge is 2.39. The number of aliphatic hydroxyl groups is 1. The summed E-state index contributed by atoms with van der Waals surface area (Å²) < 4.78 is 2.01. The molecule has 2 N–H and O–H groups in total. The smallest absolute Gasteiger partial charge is 0.254 e. The maximum atomic E-state index is 13.5. The van der Waals surface area contributed by atoms with Crippen LogP contribution in [-0.4, -0.2) is 55.9 Å². The van der Waals surface area contributed by atoms with Crippen molar-refractivity contribution in [2.75, 3.05) is 13.1 Å². The number of carbonyl (C=O) groups is 1. The summed E-state index contributed by atoms with van der Waals surface area (Å²) in [6, 6.07) is 14.7. The van der Waals surface area contributed by atoms with Gasteiger partial charge in [-0.25, -0.2) is 9.67 Å². The summed E-state index contributed by atoms with van der Waals surface area (Å²) in [5, 5.41) is 18.9. The van der Waals surface area contributed by atoms with Gasteiger partial charge in [-0.2, -0.15) is 5.10 Å². The van der Waals surface area contributed by atoms with Crippen LogP contribution in [0.1, 0.15) is 59.8 Å². The van der Waals surface area contributed by atoms with E-state index in [2.05, 4.69) is 47.4 Å². The fraction of sp³-hybridized carbons (Fsp3) is 0.444. The van der Waals surface area contributed by atoms with Crippen molar-refractivity contribution in [3.63, 3.8) is 0 Å². The molecule has 1 aromatic heterocycles. The molecule has 0 saturated heterocycles. The molecule has 3 aliphatic rings. The van der Waals surface area contributed by atoms with Crippen molar-refractivity contribution in [3.8, 4) is 11.4 Å². The molecule has 1 aliphatic carbocycles. The Kier molecular flexibility index (Phi) is 5.08. The molecule has 0 radical (unpaired) electrons. The standard InChI is InChI=1S/C27H31N5O2/c1-27(2)15-31(14-24(33)23-12-17-5-3-4-6-19(17)13-28-23)26(34)21-10-7-18(11-22(21)27)25-29-16-30-32(25)20-8-9-20/h3-7,10-11,16,20,23-24,28,33H,8-9,12-15H2,1-2H3/t23?,24-/m1/s1. The first-order valence-electron chi connectivity index (χ1n) is 12.2. The molecule has 1 fully saturated rings. The molecule has 3 aromatic rings. The van der Waals surface area contributed by atoms with Crippen LogP contribution in [0.3, 0.4) is 0 Å². The number of aliphatic hydroxyl groups excluding tert-OH is 1. The summed E-state index contributed by atoms with van der Waals surface area (Å²) in [4.78, 5) is 19.8. The summed E-state index contributed by atoms with van der Waals surface area (Å²) in [5.41, 5.74) is 5.07. The Bertz CT molecular complexity index is 1250. The number of fused-ring (bicyclic) bond motifs is 2. The van der Waals surface area contributed by atoms with Crippen LogP contribution in [-0.2, 0) is 18.4 Å². The minimum Gasteiger partial charge on any atom is -0.390 e. The average molecular weight is 458 g/mol. The van der Waals surface area contributed by atoms with Crippen LogP contribution in [0.5, 0.6) is 0 Å². The lowest BCUT2D eigenvalue weighted by atomic mass is 9.77. The summed E-state index contributed by atoms with van der Waals surface area (Å²) in [5.74, 6) is 0.856. The van der Waals surface area contributed by atoms with Gasteiger partial charge in [0.2, 0.25) is 0 Å². The number of rotatable bonds is 5. The molecule has 7 nitrogen and oxygen atoms in total. The van der Waals surface area contributed by atoms with Gasteiger partial charge in [-0.15, -0.1) is 0 Å². The molecule has 1 amide bonds. The summed E-state index contributed by atoms with van der Waals surface area (Å²) in [6.07, 6.45) is 4.04. The van der Waals surface area contributed by atoms with Crippen molar-refractivity contribution < 1.29 is 9.90 Å². The molecule has 1 saturated carbocycles. The summed E-state index contributed by atoms with van der Waals surface area (Å²) >= 11 is 0. The lowest BCUT2D eigenvalue weighted by molar-refractivity contribution is 0.0445. The van der Waals surface area contributed by atoms with Crippen molar-refractivity contribution in [3.05, 3.63) is 71.0 Å². The molecule has 0 bridgehead atoms. The monoisotopic (exact) mass is 457 g/mol. The van der Waals surface area contributed by atoms with E-state index in [0.717, 1.165) is 42.8 Å². The number of amides is 1. The average Bonchev–Trinajstić information content (AvgIpc) is 3.57. The van der Waals surface area contributed by atoms with E-state index < -0.39 is 6.10 Å². The van der Waals surface area contributed by atoms with Crippen LogP contribution >= 0.6 is 0 Å². The predicted octanol–water partition coefficient (Wildman–Crippen LogP) is 3.09. The highest BCUT2D eigenvalue weighted by molar-refractivity contribution is 5.98. The van der Waals surface area contributed by atoms with Crippen molar-refractivity contribution in [1.29, 1.82) is 0 Å². The largest absolute Gasteiger partial charge is 0.390 e. The Balaban J connectivity index is 1.23. The van der Waals surface area contributed by atoms with Crippen LogP contribution in [0, 0.1) is 0 Å². The second-order valence-electron chi connectivity index (χ2n) is 10.6. The Hall–Kier alpha value is -3.03. The number of hydrogen-bond donors (Lipinski definition) is 2. The highest BCUT2D eigenvalue weighted by Crippen LogP contribution is 2.39. The van der Waals surface area contributed by atoms with Crippen molar-refractivity contribution in [2.24, 2.45) is 0 Å². The molecule has 34 heavy (non-hydrogen) atoms. The van der Waals surface area contributed by atoms with Crippen molar-refractivity contribution in [1.82, 2.24) is 25.0 Å². The zero-order valence-corrected chi connectivity index (χ0v) is 19.7. The minimum absolute atomic E-state index is 0.0141. The van der Waals surface area contributed by atoms with Crippen LogP contribution in [0.25, 0.3) is 11.4 Å². The fourth-order valence-electron chi connectivity index (χ4n) is 5.53. The molecule has 6 rings (SSSR count).